The molecular weight excluding hydrogens is 487 g/mol. The molecule has 2 amide bonds. The van der Waals surface area contributed by atoms with Crippen LogP contribution >= 0.6 is 11.8 Å². The van der Waals surface area contributed by atoms with Gasteiger partial charge in [0.1, 0.15) is 18.2 Å². The van der Waals surface area contributed by atoms with Crippen LogP contribution in [0.2, 0.25) is 0 Å². The van der Waals surface area contributed by atoms with Gasteiger partial charge >= 0.3 is 0 Å². The van der Waals surface area contributed by atoms with Gasteiger partial charge in [-0.15, -0.1) is 11.8 Å². The van der Waals surface area contributed by atoms with Gasteiger partial charge in [0.25, 0.3) is 0 Å². The van der Waals surface area contributed by atoms with Gasteiger partial charge in [-0.3, -0.25) is 14.5 Å². The number of nitrogens with zero attached hydrogens (tertiary/aromatic N) is 4. The summed E-state index contributed by atoms with van der Waals surface area (Å²) in [5.74, 6) is 0.319. The largest absolute Gasteiger partial charge is 0.341 e. The van der Waals surface area contributed by atoms with Crippen molar-refractivity contribution in [2.45, 2.75) is 51.2 Å². The fourth-order valence-electron chi connectivity index (χ4n) is 5.13. The lowest BCUT2D eigenvalue weighted by Gasteiger charge is -2.26. The van der Waals surface area contributed by atoms with Crippen molar-refractivity contribution in [2.24, 2.45) is 0 Å². The normalized spacial score (nSPS) is 18.2. The molecule has 0 unspecified atom stereocenters. The molecule has 1 fully saturated rings. The zero-order valence-corrected chi connectivity index (χ0v) is 22.6. The van der Waals surface area contributed by atoms with E-state index in [0.29, 0.717) is 11.5 Å². The Kier molecular flexibility index (Phi) is 6.88. The lowest BCUT2D eigenvalue weighted by atomic mass is 9.87. The maximum absolute atomic E-state index is 13.9. The summed E-state index contributed by atoms with van der Waals surface area (Å²) >= 11 is 1.57. The number of hydrogen-bond acceptors (Lipinski definition) is 4. The van der Waals surface area contributed by atoms with Gasteiger partial charge < -0.3 is 4.90 Å². The molecule has 0 N–H and O–H groups in total. The number of likely N-dealkylation sites (tertiary alicyclic amines) is 1. The number of halogens is 1. The lowest BCUT2D eigenvalue weighted by molar-refractivity contribution is -0.130. The number of rotatable bonds is 4. The maximum atomic E-state index is 13.9. The minimum absolute atomic E-state index is 0.0383. The van der Waals surface area contributed by atoms with Crippen molar-refractivity contribution < 1.29 is 14.0 Å². The highest BCUT2D eigenvalue weighted by atomic mass is 32.2. The average molecular weight is 521 g/mol. The molecule has 3 heterocycles. The van der Waals surface area contributed by atoms with Crippen molar-refractivity contribution in [2.75, 3.05) is 30.3 Å². The van der Waals surface area contributed by atoms with Crippen LogP contribution in [0.5, 0.6) is 0 Å². The van der Waals surface area contributed by atoms with Crippen LogP contribution in [0, 0.1) is 12.7 Å². The number of hydrogen-bond donors (Lipinski definition) is 0. The molecule has 8 heteroatoms. The molecule has 0 bridgehead atoms. The van der Waals surface area contributed by atoms with E-state index in [1.165, 1.54) is 12.1 Å². The molecule has 1 atom stereocenters. The highest BCUT2D eigenvalue weighted by Gasteiger charge is 2.40. The number of benzene rings is 2. The minimum atomic E-state index is -0.344. The zero-order chi connectivity index (χ0) is 26.3. The fraction of sp³-hybridized carbons (Fsp3) is 0.414. The molecule has 0 spiro atoms. The Bertz CT molecular complexity index is 1320. The number of aromatic nitrogens is 2. The minimum Gasteiger partial charge on any atom is -0.341 e. The molecule has 6 nitrogen and oxygen atoms in total. The van der Waals surface area contributed by atoms with Gasteiger partial charge in [0.2, 0.25) is 11.8 Å². The van der Waals surface area contributed by atoms with Crippen molar-refractivity contribution >= 4 is 29.4 Å². The van der Waals surface area contributed by atoms with Crippen LogP contribution in [0.4, 0.5) is 10.2 Å². The summed E-state index contributed by atoms with van der Waals surface area (Å²) < 4.78 is 15.6. The quantitative estimate of drug-likeness (QED) is 0.462. The molecule has 0 aliphatic carbocycles. The second-order valence-corrected chi connectivity index (χ2v) is 12.0. The summed E-state index contributed by atoms with van der Waals surface area (Å²) in [6.45, 7) is 9.78. The third-order valence-corrected chi connectivity index (χ3v) is 8.22. The first-order valence-corrected chi connectivity index (χ1v) is 13.8. The molecule has 2 aliphatic heterocycles. The van der Waals surface area contributed by atoms with E-state index < -0.39 is 0 Å². The van der Waals surface area contributed by atoms with Crippen molar-refractivity contribution in [3.05, 3.63) is 76.7 Å². The summed E-state index contributed by atoms with van der Waals surface area (Å²) in [5, 5.41) is 4.91. The van der Waals surface area contributed by atoms with Gasteiger partial charge in [0, 0.05) is 24.1 Å². The summed E-state index contributed by atoms with van der Waals surface area (Å²) in [7, 11) is 0. The molecule has 2 aliphatic rings. The van der Waals surface area contributed by atoms with Crippen LogP contribution in [0.25, 0.3) is 5.69 Å². The molecule has 3 aromatic rings. The monoisotopic (exact) mass is 520 g/mol. The van der Waals surface area contributed by atoms with E-state index in [4.69, 9.17) is 5.10 Å². The van der Waals surface area contributed by atoms with Crippen LogP contribution in [0.1, 0.15) is 61.2 Å². The van der Waals surface area contributed by atoms with E-state index >= 15 is 0 Å². The smallest absolute Gasteiger partial charge is 0.242 e. The number of amides is 2. The predicted octanol–water partition coefficient (Wildman–Crippen LogP) is 5.41. The molecule has 1 saturated heterocycles. The SMILES string of the molecule is Cc1cccc([C@H]2SCC(=O)N(CC(=O)N3CCCC3)c3c2c(C(C)(C)C)nn3-c2ccc(F)cc2)c1. The Labute approximate surface area is 221 Å². The number of thioether (sulfide) groups is 1. The van der Waals surface area contributed by atoms with Crippen LogP contribution in [-0.4, -0.2) is 51.9 Å². The third kappa shape index (κ3) is 5.04. The molecule has 1 aromatic heterocycles. The molecule has 0 radical (unpaired) electrons. The Morgan fingerprint density at radius 2 is 1.81 bits per heavy atom. The molecule has 2 aromatic carbocycles. The first kappa shape index (κ1) is 25.5. The van der Waals surface area contributed by atoms with Crippen molar-refractivity contribution in [3.63, 3.8) is 0 Å². The number of aryl methyl sites for hydroxylation is 1. The van der Waals surface area contributed by atoms with E-state index in [0.717, 1.165) is 48.3 Å². The Balaban J connectivity index is 1.75. The standard InChI is InChI=1S/C29H33FN4O2S/c1-19-8-7-9-20(16-19)26-25-27(29(2,3)4)31-34(22-12-10-21(30)11-13-22)28(25)33(24(36)18-37-26)17-23(35)32-14-5-6-15-32/h7-13,16,26H,5-6,14-15,17-18H2,1-4H3/t26-/m1/s1. The van der Waals surface area contributed by atoms with Gasteiger partial charge in [0.05, 0.1) is 22.4 Å². The molecular formula is C29H33FN4O2S. The first-order valence-electron chi connectivity index (χ1n) is 12.8. The highest BCUT2D eigenvalue weighted by molar-refractivity contribution is 8.00. The maximum Gasteiger partial charge on any atom is 0.242 e. The van der Waals surface area contributed by atoms with Crippen molar-refractivity contribution in [1.29, 1.82) is 0 Å². The second-order valence-electron chi connectivity index (χ2n) is 10.9. The Hall–Kier alpha value is -3.13. The van der Waals surface area contributed by atoms with Crippen LogP contribution in [0.3, 0.4) is 0 Å². The summed E-state index contributed by atoms with van der Waals surface area (Å²) in [6.07, 6.45) is 1.97. The van der Waals surface area contributed by atoms with E-state index in [1.807, 2.05) is 11.0 Å². The fourth-order valence-corrected chi connectivity index (χ4v) is 6.32. The lowest BCUT2D eigenvalue weighted by Crippen LogP contribution is -2.43. The highest BCUT2D eigenvalue weighted by Crippen LogP contribution is 2.48. The molecule has 37 heavy (non-hydrogen) atoms. The first-order chi connectivity index (χ1) is 17.6. The molecule has 5 rings (SSSR count). The Morgan fingerprint density at radius 1 is 1.11 bits per heavy atom. The summed E-state index contributed by atoms with van der Waals surface area (Å²) in [5.41, 5.74) is 4.34. The number of anilines is 1. The van der Waals surface area contributed by atoms with Gasteiger partial charge in [-0.25, -0.2) is 9.07 Å². The third-order valence-electron chi connectivity index (χ3n) is 6.97. The second kappa shape index (κ2) is 9.97. The Morgan fingerprint density at radius 3 is 2.46 bits per heavy atom. The predicted molar refractivity (Wildman–Crippen MR) is 146 cm³/mol. The van der Waals surface area contributed by atoms with E-state index in [-0.39, 0.29) is 40.6 Å². The van der Waals surface area contributed by atoms with Crippen LogP contribution < -0.4 is 4.90 Å². The number of carbonyl (C=O) groups excluding carboxylic acids is 2. The molecule has 0 saturated carbocycles. The van der Waals surface area contributed by atoms with Gasteiger partial charge in [-0.05, 0) is 49.6 Å². The van der Waals surface area contributed by atoms with E-state index in [2.05, 4.69) is 45.9 Å². The zero-order valence-electron chi connectivity index (χ0n) is 21.8. The summed E-state index contributed by atoms with van der Waals surface area (Å²) in [6, 6.07) is 14.5. The van der Waals surface area contributed by atoms with Crippen LogP contribution in [0.15, 0.2) is 48.5 Å². The van der Waals surface area contributed by atoms with Crippen LogP contribution in [-0.2, 0) is 15.0 Å². The van der Waals surface area contributed by atoms with Gasteiger partial charge in [-0.2, -0.15) is 5.10 Å². The number of carbonyl (C=O) groups is 2. The summed E-state index contributed by atoms with van der Waals surface area (Å²) in [4.78, 5) is 30.5. The molecule has 194 valence electrons. The van der Waals surface area contributed by atoms with Crippen molar-refractivity contribution in [1.82, 2.24) is 14.7 Å². The number of fused-ring (bicyclic) bond motifs is 1. The van der Waals surface area contributed by atoms with Gasteiger partial charge in [0.15, 0.2) is 0 Å². The topological polar surface area (TPSA) is 58.4 Å². The van der Waals surface area contributed by atoms with Gasteiger partial charge in [-0.1, -0.05) is 50.6 Å². The average Bonchev–Trinajstić information content (AvgIpc) is 3.49. The van der Waals surface area contributed by atoms with Crippen molar-refractivity contribution in [3.8, 4) is 5.69 Å². The van der Waals surface area contributed by atoms with E-state index in [1.54, 1.807) is 33.5 Å². The van der Waals surface area contributed by atoms with E-state index in [9.17, 15) is 14.0 Å².